The predicted molar refractivity (Wildman–Crippen MR) is 75.2 cm³/mol. The van der Waals surface area contributed by atoms with Crippen molar-refractivity contribution in [3.05, 3.63) is 24.0 Å². The van der Waals surface area contributed by atoms with Crippen LogP contribution in [0.2, 0.25) is 0 Å². The fourth-order valence-electron chi connectivity index (χ4n) is 2.11. The Morgan fingerprint density at radius 1 is 1.53 bits per heavy atom. The van der Waals surface area contributed by atoms with Crippen LogP contribution in [-0.4, -0.2) is 31.3 Å². The standard InChI is InChI=1S/C15H24N2O2/c1-12(2)7-17-9-14-8-16-5-3-15(14)19-11-13-4-6-18-10-13/h3,5,8,12-13,17H,4,6-7,9-11H2,1-2H3. The fraction of sp³-hybridized carbons (Fsp3) is 0.667. The highest BCUT2D eigenvalue weighted by Gasteiger charge is 2.16. The molecule has 2 heterocycles. The van der Waals surface area contributed by atoms with E-state index in [0.29, 0.717) is 11.8 Å². The second-order valence-corrected chi connectivity index (χ2v) is 5.55. The van der Waals surface area contributed by atoms with E-state index in [1.165, 1.54) is 0 Å². The molecule has 4 heteroatoms. The van der Waals surface area contributed by atoms with E-state index in [9.17, 15) is 0 Å². The zero-order valence-electron chi connectivity index (χ0n) is 11.9. The van der Waals surface area contributed by atoms with Gasteiger partial charge in [0.2, 0.25) is 0 Å². The summed E-state index contributed by atoms with van der Waals surface area (Å²) in [5.41, 5.74) is 1.13. The lowest BCUT2D eigenvalue weighted by Crippen LogP contribution is -2.20. The summed E-state index contributed by atoms with van der Waals surface area (Å²) in [6, 6.07) is 1.95. The third kappa shape index (κ3) is 4.80. The van der Waals surface area contributed by atoms with E-state index in [2.05, 4.69) is 24.1 Å². The van der Waals surface area contributed by atoms with Crippen molar-refractivity contribution in [1.82, 2.24) is 10.3 Å². The largest absolute Gasteiger partial charge is 0.493 e. The fourth-order valence-corrected chi connectivity index (χ4v) is 2.11. The molecule has 1 fully saturated rings. The minimum atomic E-state index is 0.532. The molecule has 1 aromatic heterocycles. The SMILES string of the molecule is CC(C)CNCc1cnccc1OCC1CCOC1. The van der Waals surface area contributed by atoms with E-state index >= 15 is 0 Å². The van der Waals surface area contributed by atoms with Gasteiger partial charge in [-0.1, -0.05) is 13.8 Å². The highest BCUT2D eigenvalue weighted by Crippen LogP contribution is 2.19. The van der Waals surface area contributed by atoms with Gasteiger partial charge in [0, 0.05) is 37.0 Å². The monoisotopic (exact) mass is 264 g/mol. The maximum atomic E-state index is 5.92. The second kappa shape index (κ2) is 7.46. The Balaban J connectivity index is 1.84. The van der Waals surface area contributed by atoms with Gasteiger partial charge in [-0.2, -0.15) is 0 Å². The molecule has 0 amide bonds. The summed E-state index contributed by atoms with van der Waals surface area (Å²) in [7, 11) is 0. The molecule has 19 heavy (non-hydrogen) atoms. The molecule has 1 saturated heterocycles. The van der Waals surface area contributed by atoms with Crippen LogP contribution in [0.3, 0.4) is 0 Å². The summed E-state index contributed by atoms with van der Waals surface area (Å²) in [5, 5.41) is 3.42. The molecule has 2 rings (SSSR count). The van der Waals surface area contributed by atoms with Gasteiger partial charge in [-0.3, -0.25) is 4.98 Å². The van der Waals surface area contributed by atoms with Gasteiger partial charge in [-0.05, 0) is 24.9 Å². The first-order valence-corrected chi connectivity index (χ1v) is 7.10. The minimum Gasteiger partial charge on any atom is -0.493 e. The summed E-state index contributed by atoms with van der Waals surface area (Å²) in [6.07, 6.45) is 4.77. The molecule has 4 nitrogen and oxygen atoms in total. The lowest BCUT2D eigenvalue weighted by Gasteiger charge is -2.14. The molecule has 106 valence electrons. The molecule has 1 atom stereocenters. The van der Waals surface area contributed by atoms with Gasteiger partial charge in [-0.15, -0.1) is 0 Å². The van der Waals surface area contributed by atoms with Crippen molar-refractivity contribution in [1.29, 1.82) is 0 Å². The molecule has 0 aliphatic carbocycles. The highest BCUT2D eigenvalue weighted by atomic mass is 16.5. The van der Waals surface area contributed by atoms with Gasteiger partial charge in [0.1, 0.15) is 5.75 Å². The zero-order valence-corrected chi connectivity index (χ0v) is 11.9. The first kappa shape index (κ1) is 14.3. The van der Waals surface area contributed by atoms with E-state index in [-0.39, 0.29) is 0 Å². The summed E-state index contributed by atoms with van der Waals surface area (Å²) < 4.78 is 11.3. The minimum absolute atomic E-state index is 0.532. The quantitative estimate of drug-likeness (QED) is 0.820. The molecule has 0 bridgehead atoms. The van der Waals surface area contributed by atoms with Crippen LogP contribution in [0.25, 0.3) is 0 Å². The molecule has 1 aliphatic heterocycles. The Kier molecular flexibility index (Phi) is 5.61. The van der Waals surface area contributed by atoms with Crippen LogP contribution in [0.4, 0.5) is 0 Å². The van der Waals surface area contributed by atoms with Gasteiger partial charge in [0.15, 0.2) is 0 Å². The third-order valence-electron chi connectivity index (χ3n) is 3.23. The van der Waals surface area contributed by atoms with Gasteiger partial charge in [0.05, 0.1) is 13.2 Å². The Morgan fingerprint density at radius 3 is 3.16 bits per heavy atom. The van der Waals surface area contributed by atoms with E-state index in [1.54, 1.807) is 6.20 Å². The van der Waals surface area contributed by atoms with Crippen LogP contribution in [0, 0.1) is 11.8 Å². The second-order valence-electron chi connectivity index (χ2n) is 5.55. The van der Waals surface area contributed by atoms with Crippen LogP contribution in [0.5, 0.6) is 5.75 Å². The number of ether oxygens (including phenoxy) is 2. The Hall–Kier alpha value is -1.13. The zero-order chi connectivity index (χ0) is 13.5. The average molecular weight is 264 g/mol. The Bertz CT molecular complexity index is 376. The number of hydrogen-bond donors (Lipinski definition) is 1. The summed E-state index contributed by atoms with van der Waals surface area (Å²) >= 11 is 0. The lowest BCUT2D eigenvalue weighted by molar-refractivity contribution is 0.166. The molecule has 0 spiro atoms. The first-order chi connectivity index (χ1) is 9.25. The number of nitrogens with one attached hydrogen (secondary N) is 1. The van der Waals surface area contributed by atoms with E-state index in [1.807, 2.05) is 12.3 Å². The van der Waals surface area contributed by atoms with Gasteiger partial charge >= 0.3 is 0 Å². The van der Waals surface area contributed by atoms with E-state index in [4.69, 9.17) is 9.47 Å². The molecular formula is C15H24N2O2. The normalized spacial score (nSPS) is 19.0. The smallest absolute Gasteiger partial charge is 0.126 e. The molecule has 0 aromatic carbocycles. The van der Waals surface area contributed by atoms with E-state index < -0.39 is 0 Å². The third-order valence-corrected chi connectivity index (χ3v) is 3.23. The lowest BCUT2D eigenvalue weighted by atomic mass is 10.1. The molecule has 1 aromatic rings. The average Bonchev–Trinajstić information content (AvgIpc) is 2.90. The molecule has 1 aliphatic rings. The van der Waals surface area contributed by atoms with Crippen molar-refractivity contribution in [2.75, 3.05) is 26.4 Å². The van der Waals surface area contributed by atoms with Gasteiger partial charge in [-0.25, -0.2) is 0 Å². The maximum Gasteiger partial charge on any atom is 0.126 e. The number of nitrogens with zero attached hydrogens (tertiary/aromatic N) is 1. The molecule has 0 saturated carbocycles. The van der Waals surface area contributed by atoms with Gasteiger partial charge in [0.25, 0.3) is 0 Å². The topological polar surface area (TPSA) is 43.4 Å². The van der Waals surface area contributed by atoms with Crippen molar-refractivity contribution in [3.8, 4) is 5.75 Å². The van der Waals surface area contributed by atoms with Crippen LogP contribution in [-0.2, 0) is 11.3 Å². The first-order valence-electron chi connectivity index (χ1n) is 7.10. The maximum absolute atomic E-state index is 5.92. The summed E-state index contributed by atoms with van der Waals surface area (Å²) in [6.45, 7) is 8.65. The van der Waals surface area contributed by atoms with Crippen molar-refractivity contribution < 1.29 is 9.47 Å². The number of pyridine rings is 1. The molecular weight excluding hydrogens is 240 g/mol. The van der Waals surface area contributed by atoms with Crippen molar-refractivity contribution in [2.45, 2.75) is 26.8 Å². The van der Waals surface area contributed by atoms with Crippen LogP contribution >= 0.6 is 0 Å². The van der Waals surface area contributed by atoms with Crippen molar-refractivity contribution >= 4 is 0 Å². The predicted octanol–water partition coefficient (Wildman–Crippen LogP) is 2.24. The summed E-state index contributed by atoms with van der Waals surface area (Å²) in [4.78, 5) is 4.18. The Morgan fingerprint density at radius 2 is 2.42 bits per heavy atom. The van der Waals surface area contributed by atoms with Crippen LogP contribution in [0.15, 0.2) is 18.5 Å². The number of rotatable bonds is 7. The molecule has 0 radical (unpaired) electrons. The van der Waals surface area contributed by atoms with Crippen LogP contribution < -0.4 is 10.1 Å². The summed E-state index contributed by atoms with van der Waals surface area (Å²) in [5.74, 6) is 2.12. The number of aromatic nitrogens is 1. The van der Waals surface area contributed by atoms with Gasteiger partial charge < -0.3 is 14.8 Å². The van der Waals surface area contributed by atoms with Crippen molar-refractivity contribution in [3.63, 3.8) is 0 Å². The molecule has 1 N–H and O–H groups in total. The molecule has 1 unspecified atom stereocenters. The number of hydrogen-bond acceptors (Lipinski definition) is 4. The Labute approximate surface area is 115 Å². The van der Waals surface area contributed by atoms with Crippen molar-refractivity contribution in [2.24, 2.45) is 11.8 Å². The van der Waals surface area contributed by atoms with Crippen LogP contribution in [0.1, 0.15) is 25.8 Å². The van der Waals surface area contributed by atoms with E-state index in [0.717, 1.165) is 50.6 Å². The highest BCUT2D eigenvalue weighted by molar-refractivity contribution is 5.29.